The molecule has 9 nitrogen and oxygen atoms in total. The molecule has 3 aromatic rings. The van der Waals surface area contributed by atoms with Crippen LogP contribution in [0.1, 0.15) is 5.56 Å². The van der Waals surface area contributed by atoms with Gasteiger partial charge in [-0.05, 0) is 48.5 Å². The van der Waals surface area contributed by atoms with E-state index >= 15 is 0 Å². The first-order valence-corrected chi connectivity index (χ1v) is 11.8. The van der Waals surface area contributed by atoms with Crippen LogP contribution in [0.25, 0.3) is 0 Å². The average Bonchev–Trinajstić information content (AvgIpc) is 2.93. The van der Waals surface area contributed by atoms with Crippen LogP contribution in [0.15, 0.2) is 54.7 Å². The fraction of sp³-hybridized carbons (Fsp3) is 0.346. The third kappa shape index (κ3) is 5.45. The van der Waals surface area contributed by atoms with Gasteiger partial charge in [0.2, 0.25) is 5.95 Å². The molecule has 0 amide bonds. The quantitative estimate of drug-likeness (QED) is 0.580. The minimum atomic E-state index is 0.523. The van der Waals surface area contributed by atoms with Crippen molar-refractivity contribution in [2.45, 2.75) is 0 Å². The summed E-state index contributed by atoms with van der Waals surface area (Å²) >= 11 is 0. The Labute approximate surface area is 205 Å². The standard InChI is InChI=1S/C26H29N7O2/c1-31(22-4-2-20(19-27)3-5-22)25-6-7-28-26(30-25)29-21-16-23(32-8-12-34-13-9-32)18-24(17-21)33-10-14-35-15-11-33/h2-7,16-18H,8-15H2,1H3,(H,28,29,30). The van der Waals surface area contributed by atoms with E-state index in [9.17, 15) is 0 Å². The zero-order valence-corrected chi connectivity index (χ0v) is 19.9. The molecular formula is C26H29N7O2. The molecule has 9 heteroatoms. The molecule has 180 valence electrons. The van der Waals surface area contributed by atoms with Gasteiger partial charge in [0.1, 0.15) is 5.82 Å². The molecule has 0 saturated carbocycles. The van der Waals surface area contributed by atoms with Crippen LogP contribution >= 0.6 is 0 Å². The highest BCUT2D eigenvalue weighted by Crippen LogP contribution is 2.31. The lowest BCUT2D eigenvalue weighted by Crippen LogP contribution is -2.38. The van der Waals surface area contributed by atoms with Gasteiger partial charge < -0.3 is 29.5 Å². The topological polar surface area (TPSA) is 89.8 Å². The van der Waals surface area contributed by atoms with Crippen LogP contribution in [0, 0.1) is 11.3 Å². The Bertz CT molecular complexity index is 1150. The third-order valence-corrected chi connectivity index (χ3v) is 6.28. The van der Waals surface area contributed by atoms with Crippen molar-refractivity contribution in [2.75, 3.05) is 79.7 Å². The second kappa shape index (κ2) is 10.6. The van der Waals surface area contributed by atoms with E-state index in [1.165, 1.54) is 0 Å². The normalized spacial score (nSPS) is 16.0. The zero-order valence-electron chi connectivity index (χ0n) is 19.9. The van der Waals surface area contributed by atoms with E-state index in [0.717, 1.165) is 81.2 Å². The van der Waals surface area contributed by atoms with Crippen molar-refractivity contribution in [3.63, 3.8) is 0 Å². The number of ether oxygens (including phenoxy) is 2. The molecule has 2 aliphatic rings. The Morgan fingerprint density at radius 3 is 2.06 bits per heavy atom. The number of nitriles is 1. The van der Waals surface area contributed by atoms with E-state index < -0.39 is 0 Å². The van der Waals surface area contributed by atoms with Crippen LogP contribution < -0.4 is 20.0 Å². The number of morpholine rings is 2. The molecular weight excluding hydrogens is 442 g/mol. The predicted octanol–water partition coefficient (Wildman–Crippen LogP) is 3.53. The SMILES string of the molecule is CN(c1ccc(C#N)cc1)c1ccnc(Nc2cc(N3CCOCC3)cc(N3CCOCC3)c2)n1. The van der Waals surface area contributed by atoms with Crippen LogP contribution in [-0.2, 0) is 9.47 Å². The third-order valence-electron chi connectivity index (χ3n) is 6.28. The molecule has 1 N–H and O–H groups in total. The molecule has 0 bridgehead atoms. The summed E-state index contributed by atoms with van der Waals surface area (Å²) < 4.78 is 11.1. The Morgan fingerprint density at radius 1 is 0.886 bits per heavy atom. The van der Waals surface area contributed by atoms with Crippen LogP contribution in [0.4, 0.5) is 34.5 Å². The van der Waals surface area contributed by atoms with E-state index in [0.29, 0.717) is 11.5 Å². The summed E-state index contributed by atoms with van der Waals surface area (Å²) in [5.41, 5.74) is 4.82. The molecule has 3 heterocycles. The number of aromatic nitrogens is 2. The van der Waals surface area contributed by atoms with Crippen molar-refractivity contribution in [3.8, 4) is 6.07 Å². The van der Waals surface area contributed by atoms with Gasteiger partial charge in [0.05, 0.1) is 38.1 Å². The van der Waals surface area contributed by atoms with E-state index in [-0.39, 0.29) is 0 Å². The summed E-state index contributed by atoms with van der Waals surface area (Å²) in [5.74, 6) is 1.28. The van der Waals surface area contributed by atoms with Gasteiger partial charge in [-0.15, -0.1) is 0 Å². The van der Waals surface area contributed by atoms with Crippen molar-refractivity contribution in [1.82, 2.24) is 9.97 Å². The maximum atomic E-state index is 9.06. The highest BCUT2D eigenvalue weighted by molar-refractivity contribution is 5.72. The van der Waals surface area contributed by atoms with E-state index in [2.05, 4.69) is 44.4 Å². The van der Waals surface area contributed by atoms with Crippen molar-refractivity contribution in [2.24, 2.45) is 0 Å². The van der Waals surface area contributed by atoms with Gasteiger partial charge in [-0.2, -0.15) is 10.2 Å². The number of hydrogen-bond acceptors (Lipinski definition) is 9. The highest BCUT2D eigenvalue weighted by Gasteiger charge is 2.17. The molecule has 5 rings (SSSR count). The van der Waals surface area contributed by atoms with Crippen LogP contribution in [0.2, 0.25) is 0 Å². The number of nitrogens with one attached hydrogen (secondary N) is 1. The minimum absolute atomic E-state index is 0.523. The van der Waals surface area contributed by atoms with Crippen molar-refractivity contribution in [3.05, 3.63) is 60.3 Å². The van der Waals surface area contributed by atoms with Crippen LogP contribution in [0.3, 0.4) is 0 Å². The molecule has 2 fully saturated rings. The van der Waals surface area contributed by atoms with Gasteiger partial charge in [0, 0.05) is 62.2 Å². The summed E-state index contributed by atoms with van der Waals surface area (Å²) in [6.45, 7) is 6.41. The second-order valence-electron chi connectivity index (χ2n) is 8.52. The summed E-state index contributed by atoms with van der Waals surface area (Å²) in [7, 11) is 1.95. The summed E-state index contributed by atoms with van der Waals surface area (Å²) in [4.78, 5) is 15.9. The Balaban J connectivity index is 1.40. The molecule has 35 heavy (non-hydrogen) atoms. The molecule has 2 aliphatic heterocycles. The van der Waals surface area contributed by atoms with Gasteiger partial charge in [0.25, 0.3) is 0 Å². The number of benzene rings is 2. The highest BCUT2D eigenvalue weighted by atomic mass is 16.5. The van der Waals surface area contributed by atoms with Gasteiger partial charge in [0.15, 0.2) is 0 Å². The van der Waals surface area contributed by atoms with Crippen LogP contribution in [-0.4, -0.2) is 69.6 Å². The van der Waals surface area contributed by atoms with Crippen molar-refractivity contribution < 1.29 is 9.47 Å². The molecule has 0 atom stereocenters. The first kappa shape index (κ1) is 22.9. The maximum Gasteiger partial charge on any atom is 0.229 e. The lowest BCUT2D eigenvalue weighted by atomic mass is 10.2. The Morgan fingerprint density at radius 2 is 1.49 bits per heavy atom. The van der Waals surface area contributed by atoms with E-state index in [4.69, 9.17) is 19.7 Å². The van der Waals surface area contributed by atoms with E-state index in [1.807, 2.05) is 30.1 Å². The summed E-state index contributed by atoms with van der Waals surface area (Å²) in [6.07, 6.45) is 1.75. The Kier molecular flexibility index (Phi) is 6.93. The summed E-state index contributed by atoms with van der Waals surface area (Å²) in [5, 5.41) is 12.5. The van der Waals surface area contributed by atoms with Gasteiger partial charge in [-0.1, -0.05) is 0 Å². The predicted molar refractivity (Wildman–Crippen MR) is 137 cm³/mol. The second-order valence-corrected chi connectivity index (χ2v) is 8.52. The van der Waals surface area contributed by atoms with Crippen molar-refractivity contribution in [1.29, 1.82) is 5.26 Å². The van der Waals surface area contributed by atoms with Gasteiger partial charge in [-0.3, -0.25) is 0 Å². The molecule has 1 aromatic heterocycles. The minimum Gasteiger partial charge on any atom is -0.378 e. The maximum absolute atomic E-state index is 9.06. The lowest BCUT2D eigenvalue weighted by molar-refractivity contribution is 0.122. The molecule has 0 unspecified atom stereocenters. The molecule has 2 saturated heterocycles. The number of anilines is 6. The average molecular weight is 472 g/mol. The van der Waals surface area contributed by atoms with Crippen molar-refractivity contribution >= 4 is 34.5 Å². The van der Waals surface area contributed by atoms with E-state index in [1.54, 1.807) is 18.3 Å². The fourth-order valence-corrected chi connectivity index (χ4v) is 4.29. The first-order chi connectivity index (χ1) is 17.2. The van der Waals surface area contributed by atoms with Gasteiger partial charge in [-0.25, -0.2) is 4.98 Å². The van der Waals surface area contributed by atoms with Crippen LogP contribution in [0.5, 0.6) is 0 Å². The monoisotopic (exact) mass is 471 g/mol. The number of rotatable bonds is 6. The Hall–Kier alpha value is -3.87. The smallest absolute Gasteiger partial charge is 0.229 e. The lowest BCUT2D eigenvalue weighted by Gasteiger charge is -2.33. The largest absolute Gasteiger partial charge is 0.378 e. The molecule has 0 spiro atoms. The first-order valence-electron chi connectivity index (χ1n) is 11.8. The number of nitrogens with zero attached hydrogens (tertiary/aromatic N) is 6. The molecule has 0 radical (unpaired) electrons. The number of hydrogen-bond donors (Lipinski definition) is 1. The zero-order chi connectivity index (χ0) is 24.0. The van der Waals surface area contributed by atoms with Gasteiger partial charge >= 0.3 is 0 Å². The molecule has 0 aliphatic carbocycles. The molecule has 2 aromatic carbocycles. The summed E-state index contributed by atoms with van der Waals surface area (Å²) in [6, 6.07) is 18.0. The fourth-order valence-electron chi connectivity index (χ4n) is 4.29.